The van der Waals surface area contributed by atoms with Crippen molar-refractivity contribution in [2.75, 3.05) is 53.6 Å². The lowest BCUT2D eigenvalue weighted by molar-refractivity contribution is 0.0934. The van der Waals surface area contributed by atoms with Crippen LogP contribution < -0.4 is 4.74 Å². The van der Waals surface area contributed by atoms with E-state index in [4.69, 9.17) is 9.47 Å². The summed E-state index contributed by atoms with van der Waals surface area (Å²) < 4.78 is 10.5. The molecule has 1 saturated heterocycles. The first-order valence-corrected chi connectivity index (χ1v) is 6.89. The van der Waals surface area contributed by atoms with Crippen molar-refractivity contribution in [1.82, 2.24) is 9.80 Å². The third kappa shape index (κ3) is 4.20. The molecule has 0 aliphatic carbocycles. The minimum Gasteiger partial charge on any atom is -0.496 e. The van der Waals surface area contributed by atoms with Crippen LogP contribution in [-0.2, 0) is 11.3 Å². The molecule has 4 nitrogen and oxygen atoms in total. The van der Waals surface area contributed by atoms with Crippen LogP contribution in [0.15, 0.2) is 24.3 Å². The molecular formula is C15H24N2O2. The van der Waals surface area contributed by atoms with Gasteiger partial charge in [-0.25, -0.2) is 0 Å². The van der Waals surface area contributed by atoms with Crippen molar-refractivity contribution in [3.63, 3.8) is 0 Å². The summed E-state index contributed by atoms with van der Waals surface area (Å²) in [5.74, 6) is 0.990. The van der Waals surface area contributed by atoms with E-state index in [0.717, 1.165) is 51.6 Å². The smallest absolute Gasteiger partial charge is 0.123 e. The SMILES string of the molecule is COCCN1CCN(Cc2ccccc2OC)CC1. The first-order chi connectivity index (χ1) is 9.33. The number of nitrogens with zero attached hydrogens (tertiary/aromatic N) is 2. The third-order valence-electron chi connectivity index (χ3n) is 3.66. The van der Waals surface area contributed by atoms with Gasteiger partial charge in [0.2, 0.25) is 0 Å². The predicted molar refractivity (Wildman–Crippen MR) is 76.6 cm³/mol. The summed E-state index contributed by atoms with van der Waals surface area (Å²) in [5.41, 5.74) is 1.27. The van der Waals surface area contributed by atoms with Crippen molar-refractivity contribution in [3.05, 3.63) is 29.8 Å². The summed E-state index contributed by atoms with van der Waals surface area (Å²) in [4.78, 5) is 4.95. The quantitative estimate of drug-likeness (QED) is 0.776. The molecule has 1 aliphatic rings. The average Bonchev–Trinajstić information content (AvgIpc) is 2.47. The van der Waals surface area contributed by atoms with E-state index >= 15 is 0 Å². The lowest BCUT2D eigenvalue weighted by atomic mass is 10.1. The second kappa shape index (κ2) is 7.48. The molecule has 2 rings (SSSR count). The van der Waals surface area contributed by atoms with Crippen LogP contribution in [0.4, 0.5) is 0 Å². The molecular weight excluding hydrogens is 240 g/mol. The molecule has 0 amide bonds. The summed E-state index contributed by atoms with van der Waals surface area (Å²) in [5, 5.41) is 0. The lowest BCUT2D eigenvalue weighted by Gasteiger charge is -2.34. The Morgan fingerprint density at radius 2 is 1.68 bits per heavy atom. The molecule has 0 spiro atoms. The number of methoxy groups -OCH3 is 2. The summed E-state index contributed by atoms with van der Waals surface area (Å²) in [6.07, 6.45) is 0. The Balaban J connectivity index is 1.82. The largest absolute Gasteiger partial charge is 0.496 e. The van der Waals surface area contributed by atoms with Gasteiger partial charge in [-0.15, -0.1) is 0 Å². The molecule has 0 saturated carbocycles. The Kier molecular flexibility index (Phi) is 5.63. The van der Waals surface area contributed by atoms with Gasteiger partial charge in [-0.05, 0) is 6.07 Å². The molecule has 1 aliphatic heterocycles. The van der Waals surface area contributed by atoms with Gasteiger partial charge in [-0.1, -0.05) is 18.2 Å². The molecule has 0 atom stereocenters. The maximum atomic E-state index is 5.41. The van der Waals surface area contributed by atoms with Crippen LogP contribution in [0.2, 0.25) is 0 Å². The Morgan fingerprint density at radius 3 is 2.37 bits per heavy atom. The fourth-order valence-electron chi connectivity index (χ4n) is 2.47. The normalized spacial score (nSPS) is 17.6. The Morgan fingerprint density at radius 1 is 1.00 bits per heavy atom. The standard InChI is InChI=1S/C15H24N2O2/c1-18-12-11-16-7-9-17(10-8-16)13-14-5-3-4-6-15(14)19-2/h3-6H,7-13H2,1-2H3. The van der Waals surface area contributed by atoms with Crippen LogP contribution in [0.1, 0.15) is 5.56 Å². The molecule has 0 bridgehead atoms. The van der Waals surface area contributed by atoms with Gasteiger partial charge in [0.1, 0.15) is 5.75 Å². The van der Waals surface area contributed by atoms with E-state index in [2.05, 4.69) is 21.9 Å². The van der Waals surface area contributed by atoms with Gasteiger partial charge in [0.25, 0.3) is 0 Å². The molecule has 1 aromatic rings. The van der Waals surface area contributed by atoms with Crippen LogP contribution in [-0.4, -0.2) is 63.4 Å². The minimum atomic E-state index is 0.826. The van der Waals surface area contributed by atoms with Gasteiger partial charge in [-0.2, -0.15) is 0 Å². The molecule has 0 unspecified atom stereocenters. The van der Waals surface area contributed by atoms with Crippen LogP contribution in [0.25, 0.3) is 0 Å². The summed E-state index contributed by atoms with van der Waals surface area (Å²) in [7, 11) is 3.50. The van der Waals surface area contributed by atoms with E-state index in [1.54, 1.807) is 14.2 Å². The van der Waals surface area contributed by atoms with E-state index in [1.165, 1.54) is 5.56 Å². The fraction of sp³-hybridized carbons (Fsp3) is 0.600. The van der Waals surface area contributed by atoms with E-state index in [0.29, 0.717) is 0 Å². The molecule has 106 valence electrons. The number of ether oxygens (including phenoxy) is 2. The van der Waals surface area contributed by atoms with Gasteiger partial charge in [-0.3, -0.25) is 9.80 Å². The van der Waals surface area contributed by atoms with E-state index in [-0.39, 0.29) is 0 Å². The highest BCUT2D eigenvalue weighted by Gasteiger charge is 2.17. The monoisotopic (exact) mass is 264 g/mol. The van der Waals surface area contributed by atoms with Crippen LogP contribution >= 0.6 is 0 Å². The highest BCUT2D eigenvalue weighted by Crippen LogP contribution is 2.19. The van der Waals surface area contributed by atoms with Gasteiger partial charge < -0.3 is 9.47 Å². The summed E-state index contributed by atoms with van der Waals surface area (Å²) in [6, 6.07) is 8.28. The molecule has 0 radical (unpaired) electrons. The molecule has 0 N–H and O–H groups in total. The summed E-state index contributed by atoms with van der Waals surface area (Å²) >= 11 is 0. The van der Waals surface area contributed by atoms with Crippen LogP contribution in [0.5, 0.6) is 5.75 Å². The molecule has 1 heterocycles. The second-order valence-electron chi connectivity index (χ2n) is 4.92. The molecule has 0 aromatic heterocycles. The Labute approximate surface area is 115 Å². The number of piperazine rings is 1. The van der Waals surface area contributed by atoms with Gasteiger partial charge in [0, 0.05) is 51.9 Å². The number of benzene rings is 1. The van der Waals surface area contributed by atoms with E-state index < -0.39 is 0 Å². The topological polar surface area (TPSA) is 24.9 Å². The zero-order valence-corrected chi connectivity index (χ0v) is 12.0. The first kappa shape index (κ1) is 14.3. The number of hydrogen-bond acceptors (Lipinski definition) is 4. The van der Waals surface area contributed by atoms with Crippen LogP contribution in [0.3, 0.4) is 0 Å². The third-order valence-corrected chi connectivity index (χ3v) is 3.66. The number of para-hydroxylation sites is 1. The fourth-order valence-corrected chi connectivity index (χ4v) is 2.47. The minimum absolute atomic E-state index is 0.826. The second-order valence-corrected chi connectivity index (χ2v) is 4.92. The first-order valence-electron chi connectivity index (χ1n) is 6.89. The maximum absolute atomic E-state index is 5.41. The number of hydrogen-bond donors (Lipinski definition) is 0. The van der Waals surface area contributed by atoms with Crippen molar-refractivity contribution < 1.29 is 9.47 Å². The van der Waals surface area contributed by atoms with Crippen molar-refractivity contribution in [2.45, 2.75) is 6.54 Å². The molecule has 4 heteroatoms. The van der Waals surface area contributed by atoms with Crippen molar-refractivity contribution in [1.29, 1.82) is 0 Å². The molecule has 1 fully saturated rings. The lowest BCUT2D eigenvalue weighted by Crippen LogP contribution is -2.46. The van der Waals surface area contributed by atoms with Gasteiger partial charge in [0.15, 0.2) is 0 Å². The predicted octanol–water partition coefficient (Wildman–Crippen LogP) is 1.46. The van der Waals surface area contributed by atoms with Crippen molar-refractivity contribution >= 4 is 0 Å². The highest BCUT2D eigenvalue weighted by molar-refractivity contribution is 5.33. The van der Waals surface area contributed by atoms with Gasteiger partial charge in [0.05, 0.1) is 13.7 Å². The van der Waals surface area contributed by atoms with E-state index in [1.807, 2.05) is 12.1 Å². The molecule has 1 aromatic carbocycles. The molecule has 19 heavy (non-hydrogen) atoms. The van der Waals surface area contributed by atoms with E-state index in [9.17, 15) is 0 Å². The van der Waals surface area contributed by atoms with Gasteiger partial charge >= 0.3 is 0 Å². The zero-order chi connectivity index (χ0) is 13.5. The average molecular weight is 264 g/mol. The van der Waals surface area contributed by atoms with Crippen LogP contribution in [0, 0.1) is 0 Å². The highest BCUT2D eigenvalue weighted by atomic mass is 16.5. The summed E-state index contributed by atoms with van der Waals surface area (Å²) in [6.45, 7) is 7.31. The Hall–Kier alpha value is -1.10. The number of rotatable bonds is 6. The maximum Gasteiger partial charge on any atom is 0.123 e. The zero-order valence-electron chi connectivity index (χ0n) is 12.0. The van der Waals surface area contributed by atoms with Crippen molar-refractivity contribution in [2.24, 2.45) is 0 Å². The Bertz CT molecular complexity index is 376. The van der Waals surface area contributed by atoms with Crippen molar-refractivity contribution in [3.8, 4) is 5.75 Å².